The molecular formula is C23H26FN5O5. The highest BCUT2D eigenvalue weighted by atomic mass is 19.1. The molecule has 2 fully saturated rings. The molecule has 2 aromatic rings. The smallest absolute Gasteiger partial charge is 0.414 e. The van der Waals surface area contributed by atoms with Gasteiger partial charge in [-0.05, 0) is 37.3 Å². The van der Waals surface area contributed by atoms with Crippen molar-refractivity contribution in [1.82, 2.24) is 9.88 Å². The normalized spacial score (nSPS) is 19.1. The van der Waals surface area contributed by atoms with Crippen molar-refractivity contribution >= 4 is 29.6 Å². The molecule has 0 spiro atoms. The monoisotopic (exact) mass is 471 g/mol. The number of hydrogen-bond donors (Lipinski definition) is 1. The molecule has 1 aromatic carbocycles. The van der Waals surface area contributed by atoms with Gasteiger partial charge in [-0.15, -0.1) is 0 Å². The van der Waals surface area contributed by atoms with Gasteiger partial charge in [-0.2, -0.15) is 0 Å². The van der Waals surface area contributed by atoms with E-state index in [0.717, 1.165) is 5.82 Å². The zero-order valence-electron chi connectivity index (χ0n) is 18.9. The first kappa shape index (κ1) is 23.3. The van der Waals surface area contributed by atoms with Crippen LogP contribution in [0.25, 0.3) is 11.1 Å². The molecule has 34 heavy (non-hydrogen) atoms. The third kappa shape index (κ3) is 4.59. The molecule has 2 aliphatic rings. The van der Waals surface area contributed by atoms with Gasteiger partial charge in [0.05, 0.1) is 25.3 Å². The van der Waals surface area contributed by atoms with Crippen LogP contribution in [0.2, 0.25) is 0 Å². The van der Waals surface area contributed by atoms with E-state index < -0.39 is 29.8 Å². The van der Waals surface area contributed by atoms with Crippen LogP contribution in [0.15, 0.2) is 36.5 Å². The van der Waals surface area contributed by atoms with Gasteiger partial charge in [-0.3, -0.25) is 9.69 Å². The maximum atomic E-state index is 15.0. The van der Waals surface area contributed by atoms with Crippen molar-refractivity contribution in [2.45, 2.75) is 13.0 Å². The van der Waals surface area contributed by atoms with Gasteiger partial charge in [0, 0.05) is 43.5 Å². The van der Waals surface area contributed by atoms with Gasteiger partial charge in [0.2, 0.25) is 5.91 Å². The van der Waals surface area contributed by atoms with Gasteiger partial charge < -0.3 is 25.0 Å². The lowest BCUT2D eigenvalue weighted by Gasteiger charge is -2.34. The first-order valence-electron chi connectivity index (χ1n) is 10.9. The molecule has 2 aliphatic heterocycles. The van der Waals surface area contributed by atoms with Crippen LogP contribution in [0.3, 0.4) is 0 Å². The molecule has 10 nitrogen and oxygen atoms in total. The molecule has 2 N–H and O–H groups in total. The molecule has 3 amide bonds. The number of carbonyl (C=O) groups excluding carboxylic acids is 3. The highest BCUT2D eigenvalue weighted by Gasteiger charge is 2.38. The maximum absolute atomic E-state index is 15.0. The number of nitrogens with two attached hydrogens (primary N) is 1. The van der Waals surface area contributed by atoms with E-state index in [1.165, 1.54) is 18.1 Å². The fourth-order valence-corrected chi connectivity index (χ4v) is 4.02. The summed E-state index contributed by atoms with van der Waals surface area (Å²) in [7, 11) is 1.36. The Morgan fingerprint density at radius 1 is 1.21 bits per heavy atom. The van der Waals surface area contributed by atoms with Crippen LogP contribution >= 0.6 is 0 Å². The van der Waals surface area contributed by atoms with Crippen molar-refractivity contribution in [3.63, 3.8) is 0 Å². The van der Waals surface area contributed by atoms with Crippen LogP contribution in [-0.4, -0.2) is 73.9 Å². The highest BCUT2D eigenvalue weighted by molar-refractivity contribution is 5.91. The van der Waals surface area contributed by atoms with E-state index in [1.54, 1.807) is 36.2 Å². The molecule has 2 unspecified atom stereocenters. The molecule has 3 heterocycles. The largest absolute Gasteiger partial charge is 0.453 e. The Kier molecular flexibility index (Phi) is 6.53. The molecule has 0 saturated carbocycles. The van der Waals surface area contributed by atoms with Gasteiger partial charge in [0.25, 0.3) is 0 Å². The summed E-state index contributed by atoms with van der Waals surface area (Å²) in [6.07, 6.45) is -0.0843. The molecule has 4 rings (SSSR count). The predicted molar refractivity (Wildman–Crippen MR) is 122 cm³/mol. The van der Waals surface area contributed by atoms with Crippen molar-refractivity contribution in [3.05, 3.63) is 42.3 Å². The number of halogens is 1. The number of amides is 3. The van der Waals surface area contributed by atoms with E-state index >= 15 is 0 Å². The number of rotatable bonds is 5. The van der Waals surface area contributed by atoms with Crippen molar-refractivity contribution < 1.29 is 28.2 Å². The third-order valence-corrected chi connectivity index (χ3v) is 6.20. The average Bonchev–Trinajstić information content (AvgIpc) is 3.24. The summed E-state index contributed by atoms with van der Waals surface area (Å²) in [6.45, 7) is 4.00. The van der Waals surface area contributed by atoms with Crippen LogP contribution < -0.4 is 15.5 Å². The quantitative estimate of drug-likeness (QED) is 0.710. The van der Waals surface area contributed by atoms with Crippen molar-refractivity contribution in [1.29, 1.82) is 0 Å². The maximum Gasteiger partial charge on any atom is 0.414 e. The number of anilines is 2. The Balaban J connectivity index is 1.44. The highest BCUT2D eigenvalue weighted by Crippen LogP contribution is 2.30. The minimum Gasteiger partial charge on any atom is -0.453 e. The molecular weight excluding hydrogens is 445 g/mol. The topological polar surface area (TPSA) is 118 Å². The molecule has 2 atom stereocenters. The number of aromatic nitrogens is 1. The Hall–Kier alpha value is -3.89. The van der Waals surface area contributed by atoms with Crippen LogP contribution in [0, 0.1) is 11.7 Å². The van der Waals surface area contributed by atoms with E-state index in [0.29, 0.717) is 43.0 Å². The number of hydrogen-bond acceptors (Lipinski definition) is 7. The zero-order chi connectivity index (χ0) is 24.4. The lowest BCUT2D eigenvalue weighted by atomic mass is 10.0. The molecule has 1 aromatic heterocycles. The van der Waals surface area contributed by atoms with Crippen LogP contribution in [-0.2, 0) is 14.3 Å². The zero-order valence-corrected chi connectivity index (χ0v) is 18.9. The first-order valence-corrected chi connectivity index (χ1v) is 10.9. The number of pyridine rings is 1. The van der Waals surface area contributed by atoms with Gasteiger partial charge in [0.15, 0.2) is 0 Å². The standard InChI is InChI=1S/C23H26FN5O5/c1-14(21(25)30)19-13-29(23(32)34-19)16-4-5-17(18(24)11-16)15-3-6-20(26-12-15)27-7-9-28(10-8-27)22(31)33-2/h3-6,11-12,14,19H,7-10,13H2,1-2H3,(H2,25,30). The molecule has 0 radical (unpaired) electrons. The van der Waals surface area contributed by atoms with E-state index in [1.807, 2.05) is 11.0 Å². The number of benzene rings is 1. The summed E-state index contributed by atoms with van der Waals surface area (Å²) in [5.41, 5.74) is 6.56. The fourth-order valence-electron chi connectivity index (χ4n) is 4.02. The number of nitrogens with zero attached hydrogens (tertiary/aromatic N) is 4. The number of methoxy groups -OCH3 is 1. The average molecular weight is 471 g/mol. The van der Waals surface area contributed by atoms with Crippen molar-refractivity contribution in [3.8, 4) is 11.1 Å². The number of cyclic esters (lactones) is 1. The SMILES string of the molecule is COC(=O)N1CCN(c2ccc(-c3ccc(N4CC(C(C)C(N)=O)OC4=O)cc3F)cn2)CC1. The van der Waals surface area contributed by atoms with Crippen LogP contribution in [0.1, 0.15) is 6.92 Å². The van der Waals surface area contributed by atoms with E-state index in [4.69, 9.17) is 15.2 Å². The number of primary amides is 1. The second-order valence-electron chi connectivity index (χ2n) is 8.24. The number of piperazine rings is 1. The molecule has 180 valence electrons. The Morgan fingerprint density at radius 2 is 1.94 bits per heavy atom. The van der Waals surface area contributed by atoms with Crippen molar-refractivity contribution in [2.24, 2.45) is 11.7 Å². The fraction of sp³-hybridized carbons (Fsp3) is 0.391. The van der Waals surface area contributed by atoms with Gasteiger partial charge >= 0.3 is 12.2 Å². The molecule has 11 heteroatoms. The lowest BCUT2D eigenvalue weighted by Crippen LogP contribution is -2.49. The third-order valence-electron chi connectivity index (χ3n) is 6.20. The molecule has 0 aliphatic carbocycles. The Morgan fingerprint density at radius 3 is 2.53 bits per heavy atom. The van der Waals surface area contributed by atoms with Gasteiger partial charge in [-0.25, -0.2) is 19.0 Å². The molecule has 0 bridgehead atoms. The summed E-state index contributed by atoms with van der Waals surface area (Å²) < 4.78 is 24.9. The van der Waals surface area contributed by atoms with Crippen LogP contribution in [0.4, 0.5) is 25.5 Å². The minimum atomic E-state index is -0.682. The second kappa shape index (κ2) is 9.54. The summed E-state index contributed by atoms with van der Waals surface area (Å²) in [6, 6.07) is 8.05. The minimum absolute atomic E-state index is 0.112. The van der Waals surface area contributed by atoms with Gasteiger partial charge in [-0.1, -0.05) is 0 Å². The Labute approximate surface area is 196 Å². The summed E-state index contributed by atoms with van der Waals surface area (Å²) >= 11 is 0. The van der Waals surface area contributed by atoms with Crippen molar-refractivity contribution in [2.75, 3.05) is 49.6 Å². The summed E-state index contributed by atoms with van der Waals surface area (Å²) in [4.78, 5) is 44.7. The van der Waals surface area contributed by atoms with Crippen LogP contribution in [0.5, 0.6) is 0 Å². The van der Waals surface area contributed by atoms with E-state index in [9.17, 15) is 18.8 Å². The predicted octanol–water partition coefficient (Wildman–Crippen LogP) is 2.22. The lowest BCUT2D eigenvalue weighted by molar-refractivity contribution is -0.123. The summed E-state index contributed by atoms with van der Waals surface area (Å²) in [5, 5.41) is 0. The Bertz CT molecular complexity index is 1090. The first-order chi connectivity index (χ1) is 16.3. The van der Waals surface area contributed by atoms with E-state index in [2.05, 4.69) is 4.98 Å². The molecule has 2 saturated heterocycles. The van der Waals surface area contributed by atoms with Gasteiger partial charge in [0.1, 0.15) is 17.7 Å². The number of carbonyl (C=O) groups is 3. The van der Waals surface area contributed by atoms with E-state index in [-0.39, 0.29) is 12.6 Å². The number of ether oxygens (including phenoxy) is 2. The second-order valence-corrected chi connectivity index (χ2v) is 8.24. The summed E-state index contributed by atoms with van der Waals surface area (Å²) in [5.74, 6) is -0.994.